The van der Waals surface area contributed by atoms with Crippen LogP contribution in [-0.4, -0.2) is 24.4 Å². The second kappa shape index (κ2) is 6.97. The Morgan fingerprint density at radius 2 is 2.00 bits per heavy atom. The van der Waals surface area contributed by atoms with Gasteiger partial charge in [0.25, 0.3) is 0 Å². The van der Waals surface area contributed by atoms with Gasteiger partial charge >= 0.3 is 0 Å². The van der Waals surface area contributed by atoms with Crippen molar-refractivity contribution in [1.29, 1.82) is 0 Å². The molecule has 0 saturated heterocycles. The Balaban J connectivity index is 1.69. The SMILES string of the molecule is CC(NCC(O)COc1ccccc1)c1ccco1. The fraction of sp³-hybridized carbons (Fsp3) is 0.333. The largest absolute Gasteiger partial charge is 0.491 e. The number of nitrogens with one attached hydrogen (secondary N) is 1. The number of rotatable bonds is 7. The fourth-order valence-electron chi connectivity index (χ4n) is 1.72. The molecule has 2 N–H and O–H groups in total. The molecular formula is C15H19NO3. The zero-order valence-corrected chi connectivity index (χ0v) is 11.0. The first-order valence-electron chi connectivity index (χ1n) is 6.38. The van der Waals surface area contributed by atoms with Gasteiger partial charge < -0.3 is 19.6 Å². The van der Waals surface area contributed by atoms with Gasteiger partial charge in [-0.2, -0.15) is 0 Å². The van der Waals surface area contributed by atoms with Gasteiger partial charge in [0.05, 0.1) is 12.3 Å². The van der Waals surface area contributed by atoms with Crippen molar-refractivity contribution in [2.24, 2.45) is 0 Å². The summed E-state index contributed by atoms with van der Waals surface area (Å²) in [5, 5.41) is 13.0. The highest BCUT2D eigenvalue weighted by molar-refractivity contribution is 5.20. The van der Waals surface area contributed by atoms with Crippen molar-refractivity contribution in [2.45, 2.75) is 19.1 Å². The molecule has 0 fully saturated rings. The molecule has 1 heterocycles. The highest BCUT2D eigenvalue weighted by Gasteiger charge is 2.11. The fourth-order valence-corrected chi connectivity index (χ4v) is 1.72. The lowest BCUT2D eigenvalue weighted by molar-refractivity contribution is 0.103. The van der Waals surface area contributed by atoms with Gasteiger partial charge in [0.1, 0.15) is 24.2 Å². The summed E-state index contributed by atoms with van der Waals surface area (Å²) in [6.45, 7) is 2.71. The van der Waals surface area contributed by atoms with Crippen molar-refractivity contribution < 1.29 is 14.3 Å². The van der Waals surface area contributed by atoms with E-state index >= 15 is 0 Å². The predicted octanol–water partition coefficient (Wildman–Crippen LogP) is 2.37. The maximum atomic E-state index is 9.84. The maximum Gasteiger partial charge on any atom is 0.120 e. The Hall–Kier alpha value is -1.78. The standard InChI is InChI=1S/C15H19NO3/c1-12(15-8-5-9-18-15)16-10-13(17)11-19-14-6-3-2-4-7-14/h2-9,12-13,16-17H,10-11H2,1H3. The number of furan rings is 1. The zero-order valence-electron chi connectivity index (χ0n) is 11.0. The van der Waals surface area contributed by atoms with Gasteiger partial charge in [0, 0.05) is 6.54 Å². The van der Waals surface area contributed by atoms with Gasteiger partial charge in [-0.05, 0) is 31.2 Å². The summed E-state index contributed by atoms with van der Waals surface area (Å²) in [5.74, 6) is 1.62. The quantitative estimate of drug-likeness (QED) is 0.803. The lowest BCUT2D eigenvalue weighted by Gasteiger charge is -2.16. The van der Waals surface area contributed by atoms with E-state index in [9.17, 15) is 5.11 Å². The van der Waals surface area contributed by atoms with E-state index in [0.717, 1.165) is 11.5 Å². The molecule has 4 heteroatoms. The lowest BCUT2D eigenvalue weighted by Crippen LogP contribution is -2.32. The van der Waals surface area contributed by atoms with E-state index in [0.29, 0.717) is 6.54 Å². The van der Waals surface area contributed by atoms with Gasteiger partial charge in [-0.15, -0.1) is 0 Å². The van der Waals surface area contributed by atoms with Gasteiger partial charge in [-0.1, -0.05) is 18.2 Å². The zero-order chi connectivity index (χ0) is 13.5. The van der Waals surface area contributed by atoms with Crippen LogP contribution in [0.4, 0.5) is 0 Å². The topological polar surface area (TPSA) is 54.6 Å². The van der Waals surface area contributed by atoms with Gasteiger partial charge in [0.15, 0.2) is 0 Å². The van der Waals surface area contributed by atoms with Crippen LogP contribution in [0.15, 0.2) is 53.1 Å². The second-order valence-electron chi connectivity index (χ2n) is 4.42. The third-order valence-corrected chi connectivity index (χ3v) is 2.82. The first kappa shape index (κ1) is 13.6. The molecule has 0 aliphatic carbocycles. The van der Waals surface area contributed by atoms with Crippen LogP contribution < -0.4 is 10.1 Å². The van der Waals surface area contributed by atoms with Gasteiger partial charge in [-0.25, -0.2) is 0 Å². The summed E-state index contributed by atoms with van der Waals surface area (Å²) in [5.41, 5.74) is 0. The average molecular weight is 261 g/mol. The van der Waals surface area contributed by atoms with Crippen LogP contribution in [0, 0.1) is 0 Å². The summed E-state index contributed by atoms with van der Waals surface area (Å²) in [6, 6.07) is 13.3. The van der Waals surface area contributed by atoms with E-state index in [1.54, 1.807) is 6.26 Å². The van der Waals surface area contributed by atoms with Gasteiger partial charge in [-0.3, -0.25) is 0 Å². The highest BCUT2D eigenvalue weighted by atomic mass is 16.5. The van der Waals surface area contributed by atoms with Crippen LogP contribution in [0.5, 0.6) is 5.75 Å². The van der Waals surface area contributed by atoms with Crippen LogP contribution in [0.1, 0.15) is 18.7 Å². The molecule has 1 aromatic heterocycles. The minimum atomic E-state index is -0.558. The minimum absolute atomic E-state index is 0.0707. The Labute approximate surface area is 113 Å². The Morgan fingerprint density at radius 1 is 1.21 bits per heavy atom. The predicted molar refractivity (Wildman–Crippen MR) is 73.1 cm³/mol. The first-order valence-corrected chi connectivity index (χ1v) is 6.38. The number of hydrogen-bond donors (Lipinski definition) is 2. The molecule has 19 heavy (non-hydrogen) atoms. The molecule has 4 nitrogen and oxygen atoms in total. The molecule has 0 aliphatic rings. The molecule has 2 atom stereocenters. The summed E-state index contributed by atoms with van der Waals surface area (Å²) < 4.78 is 10.8. The van der Waals surface area contributed by atoms with Crippen LogP contribution in [0.3, 0.4) is 0 Å². The van der Waals surface area contributed by atoms with Crippen molar-refractivity contribution in [3.05, 3.63) is 54.5 Å². The van der Waals surface area contributed by atoms with Crippen LogP contribution in [0.25, 0.3) is 0 Å². The third-order valence-electron chi connectivity index (χ3n) is 2.82. The van der Waals surface area contributed by atoms with Crippen molar-refractivity contribution in [3.8, 4) is 5.75 Å². The molecule has 0 radical (unpaired) electrons. The van der Waals surface area contributed by atoms with E-state index in [4.69, 9.17) is 9.15 Å². The summed E-state index contributed by atoms with van der Waals surface area (Å²) in [4.78, 5) is 0. The first-order chi connectivity index (χ1) is 9.25. The van der Waals surface area contributed by atoms with Crippen molar-refractivity contribution in [1.82, 2.24) is 5.32 Å². The normalized spacial score (nSPS) is 14.0. The van der Waals surface area contributed by atoms with Gasteiger partial charge in [0.2, 0.25) is 0 Å². The van der Waals surface area contributed by atoms with Crippen molar-refractivity contribution in [3.63, 3.8) is 0 Å². The number of aliphatic hydroxyl groups excluding tert-OH is 1. The molecule has 0 amide bonds. The van der Waals surface area contributed by atoms with E-state index in [-0.39, 0.29) is 12.6 Å². The van der Waals surface area contributed by atoms with Crippen molar-refractivity contribution >= 4 is 0 Å². The number of para-hydroxylation sites is 1. The molecule has 2 rings (SSSR count). The number of aliphatic hydroxyl groups is 1. The van der Waals surface area contributed by atoms with E-state index in [1.165, 1.54) is 0 Å². The average Bonchev–Trinajstić information content (AvgIpc) is 2.98. The monoisotopic (exact) mass is 261 g/mol. The molecule has 2 aromatic rings. The maximum absolute atomic E-state index is 9.84. The minimum Gasteiger partial charge on any atom is -0.491 e. The molecule has 102 valence electrons. The number of ether oxygens (including phenoxy) is 1. The van der Waals surface area contributed by atoms with E-state index in [1.807, 2.05) is 49.4 Å². The summed E-state index contributed by atoms with van der Waals surface area (Å²) in [7, 11) is 0. The molecular weight excluding hydrogens is 242 g/mol. The number of hydrogen-bond acceptors (Lipinski definition) is 4. The second-order valence-corrected chi connectivity index (χ2v) is 4.42. The lowest BCUT2D eigenvalue weighted by atomic mass is 10.2. The van der Waals surface area contributed by atoms with E-state index in [2.05, 4.69) is 5.32 Å². The molecule has 2 unspecified atom stereocenters. The smallest absolute Gasteiger partial charge is 0.120 e. The molecule has 0 saturated carbocycles. The Bertz CT molecular complexity index is 456. The highest BCUT2D eigenvalue weighted by Crippen LogP contribution is 2.12. The van der Waals surface area contributed by atoms with Crippen LogP contribution >= 0.6 is 0 Å². The molecule has 1 aromatic carbocycles. The molecule has 0 spiro atoms. The molecule has 0 bridgehead atoms. The van der Waals surface area contributed by atoms with Crippen molar-refractivity contribution in [2.75, 3.05) is 13.2 Å². The number of benzene rings is 1. The summed E-state index contributed by atoms with van der Waals surface area (Å²) in [6.07, 6.45) is 1.08. The van der Waals surface area contributed by atoms with Crippen LogP contribution in [-0.2, 0) is 0 Å². The Kier molecular flexibility index (Phi) is 5.01. The third kappa shape index (κ3) is 4.43. The van der Waals surface area contributed by atoms with Crippen LogP contribution in [0.2, 0.25) is 0 Å². The Morgan fingerprint density at radius 3 is 2.68 bits per heavy atom. The molecule has 0 aliphatic heterocycles. The summed E-state index contributed by atoms with van der Waals surface area (Å²) >= 11 is 0. The van der Waals surface area contributed by atoms with E-state index < -0.39 is 6.10 Å².